The molecular weight excluding hydrogens is 272 g/mol. The average Bonchev–Trinajstić information content (AvgIpc) is 2.86. The highest BCUT2D eigenvalue weighted by Gasteiger charge is 2.28. The Morgan fingerprint density at radius 3 is 2.48 bits per heavy atom. The van der Waals surface area contributed by atoms with E-state index in [9.17, 15) is 9.59 Å². The third-order valence-corrected chi connectivity index (χ3v) is 3.93. The van der Waals surface area contributed by atoms with Gasteiger partial charge < -0.3 is 10.0 Å². The monoisotopic (exact) mass is 294 g/mol. The highest BCUT2D eigenvalue weighted by atomic mass is 16.4. The number of carboxylic acid groups (broad SMARTS) is 1. The van der Waals surface area contributed by atoms with Crippen LogP contribution in [0.1, 0.15) is 30.0 Å². The Balaban J connectivity index is 2.01. The van der Waals surface area contributed by atoms with Crippen molar-refractivity contribution in [2.75, 3.05) is 26.2 Å². The summed E-state index contributed by atoms with van der Waals surface area (Å²) in [5.74, 6) is -0.852. The van der Waals surface area contributed by atoms with Gasteiger partial charge >= 0.3 is 5.97 Å². The molecule has 0 aromatic carbocycles. The van der Waals surface area contributed by atoms with Gasteiger partial charge in [0.2, 0.25) is 0 Å². The van der Waals surface area contributed by atoms with E-state index in [0.717, 1.165) is 5.69 Å². The van der Waals surface area contributed by atoms with Crippen molar-refractivity contribution in [2.24, 2.45) is 0 Å². The molecule has 1 amide bonds. The van der Waals surface area contributed by atoms with Crippen molar-refractivity contribution in [3.8, 4) is 0 Å². The molecule has 1 aliphatic rings. The Hall–Kier alpha value is -1.89. The standard InChI is InChI=1S/C14H22N4O3/c1-4-18-12(9-10(2)15-18)13(19)17-7-5-16(6-8-17)11(3)14(20)21/h9,11H,4-8H2,1-3H3,(H,20,21). The molecule has 0 spiro atoms. The van der Waals surface area contributed by atoms with Gasteiger partial charge in [-0.2, -0.15) is 5.10 Å². The van der Waals surface area contributed by atoms with Crippen LogP contribution in [0.5, 0.6) is 0 Å². The topological polar surface area (TPSA) is 78.7 Å². The highest BCUT2D eigenvalue weighted by molar-refractivity contribution is 5.92. The van der Waals surface area contributed by atoms with Crippen LogP contribution in [-0.2, 0) is 11.3 Å². The first-order chi connectivity index (χ1) is 9.93. The van der Waals surface area contributed by atoms with Crippen LogP contribution in [0, 0.1) is 6.92 Å². The smallest absolute Gasteiger partial charge is 0.320 e. The largest absolute Gasteiger partial charge is 0.480 e. The van der Waals surface area contributed by atoms with Crippen molar-refractivity contribution in [3.05, 3.63) is 17.5 Å². The Bertz CT molecular complexity index is 532. The summed E-state index contributed by atoms with van der Waals surface area (Å²) in [5, 5.41) is 13.3. The van der Waals surface area contributed by atoms with Crippen LogP contribution in [0.3, 0.4) is 0 Å². The minimum absolute atomic E-state index is 0.0277. The molecule has 1 saturated heterocycles. The average molecular weight is 294 g/mol. The van der Waals surface area contributed by atoms with Gasteiger partial charge in [-0.3, -0.25) is 19.2 Å². The summed E-state index contributed by atoms with van der Waals surface area (Å²) in [5.41, 5.74) is 1.44. The zero-order valence-corrected chi connectivity index (χ0v) is 12.7. The number of hydrogen-bond acceptors (Lipinski definition) is 4. The quantitative estimate of drug-likeness (QED) is 0.872. The van der Waals surface area contributed by atoms with Gasteiger partial charge in [-0.1, -0.05) is 0 Å². The first-order valence-electron chi connectivity index (χ1n) is 7.24. The van der Waals surface area contributed by atoms with E-state index in [4.69, 9.17) is 5.11 Å². The number of carbonyl (C=O) groups is 2. The van der Waals surface area contributed by atoms with E-state index in [1.807, 2.05) is 18.7 Å². The lowest BCUT2D eigenvalue weighted by molar-refractivity contribution is -0.143. The van der Waals surface area contributed by atoms with E-state index >= 15 is 0 Å². The van der Waals surface area contributed by atoms with Gasteiger partial charge in [0.15, 0.2) is 0 Å². The second-order valence-corrected chi connectivity index (χ2v) is 5.33. The summed E-state index contributed by atoms with van der Waals surface area (Å²) in [4.78, 5) is 27.2. The first-order valence-corrected chi connectivity index (χ1v) is 7.24. The third kappa shape index (κ3) is 3.24. The Kier molecular flexibility index (Phi) is 4.62. The second-order valence-electron chi connectivity index (χ2n) is 5.33. The molecule has 116 valence electrons. The van der Waals surface area contributed by atoms with E-state index in [1.165, 1.54) is 0 Å². The molecule has 0 saturated carbocycles. The van der Waals surface area contributed by atoms with E-state index in [1.54, 1.807) is 22.6 Å². The lowest BCUT2D eigenvalue weighted by Crippen LogP contribution is -2.53. The molecule has 7 nitrogen and oxygen atoms in total. The van der Waals surface area contributed by atoms with E-state index in [2.05, 4.69) is 5.10 Å². The van der Waals surface area contributed by atoms with Gasteiger partial charge in [0.05, 0.1) is 5.69 Å². The molecule has 0 bridgehead atoms. The maximum atomic E-state index is 12.5. The van der Waals surface area contributed by atoms with Crippen molar-refractivity contribution in [2.45, 2.75) is 33.4 Å². The number of aromatic nitrogens is 2. The van der Waals surface area contributed by atoms with Crippen molar-refractivity contribution < 1.29 is 14.7 Å². The van der Waals surface area contributed by atoms with Crippen molar-refractivity contribution in [3.63, 3.8) is 0 Å². The highest BCUT2D eigenvalue weighted by Crippen LogP contribution is 2.12. The van der Waals surface area contributed by atoms with Gasteiger partial charge in [0.1, 0.15) is 11.7 Å². The number of aliphatic carboxylic acids is 1. The lowest BCUT2D eigenvalue weighted by atomic mass is 10.2. The summed E-state index contributed by atoms with van der Waals surface area (Å²) in [7, 11) is 0. The molecule has 1 aliphatic heterocycles. The molecule has 0 radical (unpaired) electrons. The molecule has 1 N–H and O–H groups in total. The van der Waals surface area contributed by atoms with Crippen molar-refractivity contribution >= 4 is 11.9 Å². The molecule has 1 aromatic rings. The minimum Gasteiger partial charge on any atom is -0.480 e. The zero-order chi connectivity index (χ0) is 15.6. The number of carboxylic acids is 1. The van der Waals surface area contributed by atoms with Crippen LogP contribution >= 0.6 is 0 Å². The fourth-order valence-corrected chi connectivity index (χ4v) is 2.59. The van der Waals surface area contributed by atoms with Gasteiger partial charge in [-0.25, -0.2) is 0 Å². The number of amides is 1. The van der Waals surface area contributed by atoms with Crippen molar-refractivity contribution in [1.82, 2.24) is 19.6 Å². The van der Waals surface area contributed by atoms with Crippen LogP contribution < -0.4 is 0 Å². The fraction of sp³-hybridized carbons (Fsp3) is 0.643. The third-order valence-electron chi connectivity index (χ3n) is 3.93. The number of piperazine rings is 1. The van der Waals surface area contributed by atoms with Crippen LogP contribution in [-0.4, -0.2) is 68.8 Å². The maximum Gasteiger partial charge on any atom is 0.320 e. The first kappa shape index (κ1) is 15.5. The van der Waals surface area contributed by atoms with E-state index < -0.39 is 12.0 Å². The molecule has 21 heavy (non-hydrogen) atoms. The number of carbonyl (C=O) groups excluding carboxylic acids is 1. The molecule has 2 heterocycles. The van der Waals surface area contributed by atoms with E-state index in [0.29, 0.717) is 38.4 Å². The number of hydrogen-bond donors (Lipinski definition) is 1. The molecule has 1 fully saturated rings. The molecular formula is C14H22N4O3. The Labute approximate surface area is 124 Å². The van der Waals surface area contributed by atoms with Crippen LogP contribution in [0.2, 0.25) is 0 Å². The molecule has 1 unspecified atom stereocenters. The lowest BCUT2D eigenvalue weighted by Gasteiger charge is -2.36. The van der Waals surface area contributed by atoms with Crippen molar-refractivity contribution in [1.29, 1.82) is 0 Å². The summed E-state index contributed by atoms with van der Waals surface area (Å²) < 4.78 is 1.71. The summed E-state index contributed by atoms with van der Waals surface area (Å²) in [6.07, 6.45) is 0. The normalized spacial score (nSPS) is 17.8. The molecule has 1 aromatic heterocycles. The van der Waals surface area contributed by atoms with Gasteiger partial charge in [0, 0.05) is 32.7 Å². The van der Waals surface area contributed by atoms with E-state index in [-0.39, 0.29) is 5.91 Å². The zero-order valence-electron chi connectivity index (χ0n) is 12.7. The maximum absolute atomic E-state index is 12.5. The molecule has 0 aliphatic carbocycles. The molecule has 2 rings (SSSR count). The van der Waals surface area contributed by atoms with Crippen LogP contribution in [0.15, 0.2) is 6.07 Å². The fourth-order valence-electron chi connectivity index (χ4n) is 2.59. The van der Waals surface area contributed by atoms with Gasteiger partial charge in [-0.05, 0) is 26.8 Å². The Morgan fingerprint density at radius 1 is 1.33 bits per heavy atom. The number of aryl methyl sites for hydroxylation is 2. The van der Waals surface area contributed by atoms with Gasteiger partial charge in [0.25, 0.3) is 5.91 Å². The second kappa shape index (κ2) is 6.26. The summed E-state index contributed by atoms with van der Waals surface area (Å²) in [6.45, 7) is 8.41. The SMILES string of the molecule is CCn1nc(C)cc1C(=O)N1CCN(C(C)C(=O)O)CC1. The predicted octanol–water partition coefficient (Wildman–Crippen LogP) is 0.442. The number of nitrogens with zero attached hydrogens (tertiary/aromatic N) is 4. The summed E-state index contributed by atoms with van der Waals surface area (Å²) in [6, 6.07) is 1.30. The van der Waals surface area contributed by atoms with Crippen LogP contribution in [0.25, 0.3) is 0 Å². The minimum atomic E-state index is -0.825. The Morgan fingerprint density at radius 2 is 1.95 bits per heavy atom. The number of rotatable bonds is 4. The molecule has 7 heteroatoms. The molecule has 1 atom stereocenters. The van der Waals surface area contributed by atoms with Crippen LogP contribution in [0.4, 0.5) is 0 Å². The summed E-state index contributed by atoms with van der Waals surface area (Å²) >= 11 is 0. The predicted molar refractivity (Wildman–Crippen MR) is 77.2 cm³/mol. The van der Waals surface area contributed by atoms with Gasteiger partial charge in [-0.15, -0.1) is 0 Å².